The Balaban J connectivity index is 0.000000135. The van der Waals surface area contributed by atoms with E-state index in [0.717, 1.165) is 212 Å². The van der Waals surface area contributed by atoms with Gasteiger partial charge in [-0.05, 0) is 281 Å². The van der Waals surface area contributed by atoms with Gasteiger partial charge in [0.15, 0.2) is 46.4 Å². The highest BCUT2D eigenvalue weighted by atomic mass is 79.9. The van der Waals surface area contributed by atoms with Gasteiger partial charge in [-0.2, -0.15) is 0 Å². The second kappa shape index (κ2) is 48.8. The van der Waals surface area contributed by atoms with E-state index < -0.39 is 23.3 Å². The number of piperazine rings is 2. The zero-order valence-corrected chi connectivity index (χ0v) is 86.1. The largest absolute Gasteiger partial charge is 0.373 e. The summed E-state index contributed by atoms with van der Waals surface area (Å²) < 4.78 is 95.0. The fourth-order valence-corrected chi connectivity index (χ4v) is 19.9. The van der Waals surface area contributed by atoms with Crippen molar-refractivity contribution in [1.82, 2.24) is 67.6 Å². The Morgan fingerprint density at radius 3 is 0.979 bits per heavy atom. The monoisotopic (exact) mass is 2060 g/mol. The number of unbranched alkanes of at least 4 members (excludes halogenated alkanes) is 1. The summed E-state index contributed by atoms with van der Waals surface area (Å²) in [6, 6.07) is 29.4. The topological polar surface area (TPSA) is 196 Å². The first-order valence-corrected chi connectivity index (χ1v) is 51.9. The molecule has 4 aromatic heterocycles. The second-order valence-corrected chi connectivity index (χ2v) is 42.3. The highest BCUT2D eigenvalue weighted by Crippen LogP contribution is 2.38. The fourth-order valence-electron chi connectivity index (χ4n) is 18.5. The molecule has 746 valence electrons. The predicted molar refractivity (Wildman–Crippen MR) is 551 cm³/mol. The van der Waals surface area contributed by atoms with E-state index in [2.05, 4.69) is 79.4 Å². The maximum Gasteiger partial charge on any atom is 0.188 e. The van der Waals surface area contributed by atoms with E-state index in [0.29, 0.717) is 191 Å². The van der Waals surface area contributed by atoms with Crippen molar-refractivity contribution in [3.63, 3.8) is 0 Å². The first-order chi connectivity index (χ1) is 67.6. The van der Waals surface area contributed by atoms with Crippen LogP contribution < -0.4 is 0 Å². The number of fused-ring (bicyclic) bond motifs is 4. The smallest absolute Gasteiger partial charge is 0.188 e. The Kier molecular flexibility index (Phi) is 36.3. The van der Waals surface area contributed by atoms with E-state index in [1.807, 2.05) is 114 Å². The van der Waals surface area contributed by atoms with Crippen molar-refractivity contribution in [1.29, 1.82) is 0 Å². The maximum absolute atomic E-state index is 16.0. The minimum Gasteiger partial charge on any atom is -0.373 e. The number of hydrogen-bond donors (Lipinski definition) is 0. The molecule has 31 heteroatoms. The summed E-state index contributed by atoms with van der Waals surface area (Å²) in [5.74, 6) is -0.288. The van der Waals surface area contributed by atoms with Gasteiger partial charge in [0.25, 0.3) is 0 Å². The molecule has 7 heterocycles. The Morgan fingerprint density at radius 2 is 0.664 bits per heavy atom. The van der Waals surface area contributed by atoms with Crippen molar-refractivity contribution in [2.75, 3.05) is 173 Å². The Morgan fingerprint density at radius 1 is 0.371 bits per heavy atom. The molecule has 4 saturated carbocycles. The van der Waals surface area contributed by atoms with Crippen LogP contribution in [0.3, 0.4) is 0 Å². The number of likely N-dealkylation sites (tertiary alicyclic amines) is 1. The number of ether oxygens (including phenoxy) is 4. The lowest BCUT2D eigenvalue weighted by Gasteiger charge is -2.32. The summed E-state index contributed by atoms with van der Waals surface area (Å²) in [6.45, 7) is 25.2. The number of aryl methyl sites for hydroxylation is 4. The number of ketones is 4. The number of rotatable bonds is 42. The van der Waals surface area contributed by atoms with Crippen LogP contribution in [0.2, 0.25) is 20.1 Å². The molecule has 0 spiro atoms. The first-order valence-electron chi connectivity index (χ1n) is 49.6. The van der Waals surface area contributed by atoms with E-state index in [-0.39, 0.29) is 56.0 Å². The lowest BCUT2D eigenvalue weighted by molar-refractivity contribution is 0.0734. The molecule has 0 atom stereocenters. The second-order valence-electron chi connectivity index (χ2n) is 39.6. The molecule has 3 aliphatic heterocycles. The number of carbonyl (C=O) groups is 4. The number of aromatic nitrogens is 8. The standard InChI is InChI=1S/C29H35BrClFN4O2.C28H34ClFN4O2.C27H31ClFN3O2.C25H29ClFN3O2/c1-34-10-12-35(13-11-34)8-2-3-9-36-19-33-29-26(36)16-23(27(37)18-38-17-20-4-5-20)24(28(29)32)14-21-6-7-22(30)15-25(21)31;1-19-13-22(29)6-5-21(19)14-24-23(26(35)17-36-16-20-3-4-20)15-25-28(27(24)30)31-18-34(25)12-11-33-9-7-32(2)8-10-33;1-18-12-21(28)7-6-20(18)13-23-22(25(33)16-34-15-19-4-5-19)14-24-27(26(23)29)30-17-32(24)11-10-31-8-2-3-9-31;1-16-10-19(26)7-6-18(16)11-21-20(23(31)14-32-13-17-4-5-17)12-22-25(24(21)27)28-15-30(22)9-8-29(2)3/h6-7,15-16,19-20H,2-5,8-14,17-18H2,1H3;5-6,13,15,18,20H,3-4,7-12,14,16-17H2,1-2H3;6-7,12,14,17,19H,2-5,8-11,13,15-16H2,1H3;6-7,10,12,15,17H,4-5,8-9,11,13-14H2,1-3H3. The van der Waals surface area contributed by atoms with Gasteiger partial charge in [0, 0.05) is 193 Å². The van der Waals surface area contributed by atoms with Crippen molar-refractivity contribution < 1.29 is 55.7 Å². The lowest BCUT2D eigenvalue weighted by Crippen LogP contribution is -2.45. The molecule has 140 heavy (non-hydrogen) atoms. The van der Waals surface area contributed by atoms with Gasteiger partial charge in [-0.15, -0.1) is 0 Å². The van der Waals surface area contributed by atoms with Crippen LogP contribution in [0.4, 0.5) is 17.6 Å². The van der Waals surface area contributed by atoms with Crippen LogP contribution in [0.1, 0.15) is 180 Å². The maximum atomic E-state index is 16.0. The van der Waals surface area contributed by atoms with E-state index in [1.165, 1.54) is 12.8 Å². The molecule has 7 aliphatic rings. The van der Waals surface area contributed by atoms with Crippen LogP contribution in [0, 0.1) is 67.7 Å². The SMILES string of the molecule is CN1CCN(CCCCn2cnc3c(F)c(Cc4ccc(Br)cc4Cl)c(C(=O)COCC4CC4)cc32)CC1.Cc1cc(Cl)ccc1Cc1c(C(=O)COCC2CC2)cc2c(ncn2CCN(C)C)c1F.Cc1cc(Cl)ccc1Cc1c(C(=O)COCC2CC2)cc2c(ncn2CCN2CCCC2)c1F.Cc1cc(Cl)ccc1Cc1c(C(=O)COCC2CC2)cc2c(ncn2CCN2CCN(C)CC2)c1F. The number of carbonyl (C=O) groups excluding carboxylic acids is 4. The normalized spacial score (nSPS) is 16.2. The van der Waals surface area contributed by atoms with Crippen LogP contribution in [0.25, 0.3) is 44.1 Å². The van der Waals surface area contributed by atoms with E-state index in [4.69, 9.17) is 65.4 Å². The van der Waals surface area contributed by atoms with Gasteiger partial charge in [-0.25, -0.2) is 37.5 Å². The molecule has 0 N–H and O–H groups in total. The van der Waals surface area contributed by atoms with Gasteiger partial charge in [0.1, 0.15) is 48.5 Å². The quantitative estimate of drug-likeness (QED) is 0.0199. The third-order valence-corrected chi connectivity index (χ3v) is 29.7. The third-order valence-electron chi connectivity index (χ3n) is 28.2. The molecular weight excluding hydrogens is 1930 g/mol. The van der Waals surface area contributed by atoms with Crippen molar-refractivity contribution >= 4 is 130 Å². The number of nitrogens with zero attached hydrogens (tertiary/aromatic N) is 14. The summed E-state index contributed by atoms with van der Waals surface area (Å²) in [5, 5.41) is 2.43. The zero-order chi connectivity index (χ0) is 98.4. The minimum absolute atomic E-state index is 0.0318. The lowest BCUT2D eigenvalue weighted by atomic mass is 9.94. The Bertz CT molecular complexity index is 6390. The van der Waals surface area contributed by atoms with Crippen LogP contribution >= 0.6 is 62.3 Å². The molecule has 3 saturated heterocycles. The molecule has 0 unspecified atom stereocenters. The van der Waals surface area contributed by atoms with E-state index in [9.17, 15) is 19.2 Å². The number of hydrogen-bond acceptors (Lipinski definition) is 18. The average molecular weight is 2060 g/mol. The van der Waals surface area contributed by atoms with Gasteiger partial charge >= 0.3 is 0 Å². The summed E-state index contributed by atoms with van der Waals surface area (Å²) in [7, 11) is 8.27. The molecule has 8 aromatic carbocycles. The molecule has 12 aromatic rings. The molecule has 0 radical (unpaired) electrons. The molecule has 4 aliphatic carbocycles. The van der Waals surface area contributed by atoms with Crippen LogP contribution in [-0.4, -0.2) is 263 Å². The summed E-state index contributed by atoms with van der Waals surface area (Å²) in [6.07, 6.45) is 21.5. The number of likely N-dealkylation sites (N-methyl/N-ethyl adjacent to an activating group) is 3. The zero-order valence-electron chi connectivity index (χ0n) is 81.5. The third kappa shape index (κ3) is 27.9. The average Bonchev–Trinajstić information content (AvgIpc) is 1.61. The van der Waals surface area contributed by atoms with Crippen LogP contribution in [0.5, 0.6) is 0 Å². The van der Waals surface area contributed by atoms with E-state index >= 15 is 17.6 Å². The van der Waals surface area contributed by atoms with Crippen molar-refractivity contribution in [2.45, 2.75) is 150 Å². The van der Waals surface area contributed by atoms with Crippen LogP contribution in [0.15, 0.2) is 127 Å². The summed E-state index contributed by atoms with van der Waals surface area (Å²) in [4.78, 5) is 84.7. The molecule has 0 bridgehead atoms. The van der Waals surface area contributed by atoms with Crippen molar-refractivity contribution in [3.05, 3.63) is 254 Å². The molecule has 7 fully saturated rings. The summed E-state index contributed by atoms with van der Waals surface area (Å²) in [5.41, 5.74) is 13.2. The molecule has 22 nitrogen and oxygen atoms in total. The fraction of sp³-hybridized carbons (Fsp3) is 0.486. The van der Waals surface area contributed by atoms with Gasteiger partial charge in [0.05, 0.1) is 73.8 Å². The van der Waals surface area contributed by atoms with Gasteiger partial charge < -0.3 is 61.7 Å². The highest BCUT2D eigenvalue weighted by molar-refractivity contribution is 9.10. The summed E-state index contributed by atoms with van der Waals surface area (Å²) >= 11 is 28.2. The number of Topliss-reactive ketones (excluding diaryl/α,β-unsaturated/α-hetero) is 4. The van der Waals surface area contributed by atoms with Gasteiger partial charge in [-0.1, -0.05) is 86.6 Å². The van der Waals surface area contributed by atoms with Gasteiger partial charge in [-0.3, -0.25) is 24.1 Å². The minimum atomic E-state index is -0.455. The number of imidazole rings is 4. The van der Waals surface area contributed by atoms with E-state index in [1.54, 1.807) is 61.7 Å². The number of benzene rings is 8. The molecule has 19 rings (SSSR count). The van der Waals surface area contributed by atoms with Gasteiger partial charge in [0.2, 0.25) is 0 Å². The molecular formula is C109H129BrCl4F4N14O8. The number of halogens is 9. The predicted octanol–water partition coefficient (Wildman–Crippen LogP) is 20.7. The van der Waals surface area contributed by atoms with Crippen molar-refractivity contribution in [2.24, 2.45) is 23.7 Å². The van der Waals surface area contributed by atoms with Crippen molar-refractivity contribution in [3.8, 4) is 0 Å². The Labute approximate surface area is 846 Å². The highest BCUT2D eigenvalue weighted by Gasteiger charge is 2.33. The molecule has 0 amide bonds. The van der Waals surface area contributed by atoms with Crippen LogP contribution in [-0.2, 0) is 70.8 Å². The Hall–Kier alpha value is -8.72. The first kappa shape index (κ1) is 104.